The van der Waals surface area contributed by atoms with Crippen molar-refractivity contribution in [2.24, 2.45) is 0 Å². The first-order valence-electron chi connectivity index (χ1n) is 7.45. The third kappa shape index (κ3) is 3.53. The number of fused-ring (bicyclic) bond motifs is 1. The number of nitrogens with one attached hydrogen (secondary N) is 1. The predicted molar refractivity (Wildman–Crippen MR) is 78.8 cm³/mol. The molecule has 1 N–H and O–H groups in total. The van der Waals surface area contributed by atoms with E-state index in [2.05, 4.69) is 15.2 Å². The molecular weight excluding hydrogens is 322 g/mol. The number of halogens is 2. The normalized spacial score (nSPS) is 15.0. The predicted octanol–water partition coefficient (Wildman–Crippen LogP) is 2.84. The molecule has 3 rings (SSSR count). The van der Waals surface area contributed by atoms with Gasteiger partial charge in [-0.25, -0.2) is 0 Å². The number of amides is 1. The van der Waals surface area contributed by atoms with Crippen LogP contribution in [0, 0.1) is 0 Å². The number of nitrogens with zero attached hydrogens (tertiary/aromatic N) is 1. The Bertz CT molecular complexity index is 715. The SMILES string of the molecule is CC(NC(=O)c1noc2c1COCC2)c1ccc(OC(F)F)cc1. The molecule has 8 heteroatoms. The van der Waals surface area contributed by atoms with Crippen LogP contribution in [-0.4, -0.2) is 24.3 Å². The molecule has 24 heavy (non-hydrogen) atoms. The highest BCUT2D eigenvalue weighted by Crippen LogP contribution is 2.22. The van der Waals surface area contributed by atoms with Gasteiger partial charge >= 0.3 is 6.61 Å². The molecule has 2 aromatic rings. The van der Waals surface area contributed by atoms with Crippen LogP contribution < -0.4 is 10.1 Å². The highest BCUT2D eigenvalue weighted by atomic mass is 19.3. The summed E-state index contributed by atoms with van der Waals surface area (Å²) in [6.07, 6.45) is 0.594. The number of carbonyl (C=O) groups excluding carboxylic acids is 1. The van der Waals surface area contributed by atoms with Gasteiger partial charge in [-0.2, -0.15) is 8.78 Å². The number of aromatic nitrogens is 1. The van der Waals surface area contributed by atoms with Crippen LogP contribution in [0.4, 0.5) is 8.78 Å². The number of carbonyl (C=O) groups is 1. The lowest BCUT2D eigenvalue weighted by molar-refractivity contribution is -0.0498. The lowest BCUT2D eigenvalue weighted by Gasteiger charge is -2.15. The fraction of sp³-hybridized carbons (Fsp3) is 0.375. The topological polar surface area (TPSA) is 73.6 Å². The molecule has 1 aliphatic rings. The largest absolute Gasteiger partial charge is 0.435 e. The van der Waals surface area contributed by atoms with E-state index in [1.54, 1.807) is 19.1 Å². The number of rotatable bonds is 5. The molecule has 6 nitrogen and oxygen atoms in total. The van der Waals surface area contributed by atoms with E-state index in [1.165, 1.54) is 12.1 Å². The van der Waals surface area contributed by atoms with E-state index >= 15 is 0 Å². The summed E-state index contributed by atoms with van der Waals surface area (Å²) in [5, 5.41) is 6.62. The highest BCUT2D eigenvalue weighted by Gasteiger charge is 2.25. The zero-order valence-electron chi connectivity index (χ0n) is 12.9. The smallest absolute Gasteiger partial charge is 0.387 e. The van der Waals surface area contributed by atoms with Crippen LogP contribution in [-0.2, 0) is 17.8 Å². The Kier molecular flexibility index (Phi) is 4.75. The lowest BCUT2D eigenvalue weighted by Crippen LogP contribution is -2.28. The summed E-state index contributed by atoms with van der Waals surface area (Å²) < 4.78 is 39.1. The maximum absolute atomic E-state index is 12.4. The number of benzene rings is 1. The van der Waals surface area contributed by atoms with E-state index < -0.39 is 6.61 Å². The van der Waals surface area contributed by atoms with Crippen molar-refractivity contribution in [2.45, 2.75) is 32.6 Å². The second-order valence-corrected chi connectivity index (χ2v) is 5.38. The van der Waals surface area contributed by atoms with E-state index in [1.807, 2.05) is 0 Å². The summed E-state index contributed by atoms with van der Waals surface area (Å²) in [6, 6.07) is 5.75. The molecule has 1 aromatic carbocycles. The van der Waals surface area contributed by atoms with E-state index in [4.69, 9.17) is 9.26 Å². The summed E-state index contributed by atoms with van der Waals surface area (Å²) in [4.78, 5) is 12.4. The van der Waals surface area contributed by atoms with Crippen LogP contribution in [0.25, 0.3) is 0 Å². The molecule has 1 aromatic heterocycles. The maximum Gasteiger partial charge on any atom is 0.387 e. The van der Waals surface area contributed by atoms with E-state index in [0.29, 0.717) is 31.0 Å². The van der Waals surface area contributed by atoms with Crippen LogP contribution >= 0.6 is 0 Å². The quantitative estimate of drug-likeness (QED) is 0.907. The second-order valence-electron chi connectivity index (χ2n) is 5.38. The van der Waals surface area contributed by atoms with Gasteiger partial charge in [0.1, 0.15) is 11.5 Å². The average molecular weight is 338 g/mol. The minimum Gasteiger partial charge on any atom is -0.435 e. The van der Waals surface area contributed by atoms with Crippen LogP contribution in [0.5, 0.6) is 5.75 Å². The standard InChI is InChI=1S/C16H16F2N2O4/c1-9(10-2-4-11(5-3-10)23-16(17)18)19-15(21)14-12-8-22-7-6-13(12)24-20-14/h2-5,9,16H,6-8H2,1H3,(H,19,21). The van der Waals surface area contributed by atoms with Gasteiger partial charge in [-0.15, -0.1) is 0 Å². The summed E-state index contributed by atoms with van der Waals surface area (Å²) in [6.45, 7) is -0.236. The Morgan fingerprint density at radius 2 is 2.08 bits per heavy atom. The zero-order chi connectivity index (χ0) is 17.1. The fourth-order valence-corrected chi connectivity index (χ4v) is 2.49. The number of alkyl halides is 2. The van der Waals surface area contributed by atoms with Crippen molar-refractivity contribution in [3.63, 3.8) is 0 Å². The second kappa shape index (κ2) is 6.96. The molecule has 128 valence electrons. The monoisotopic (exact) mass is 338 g/mol. The Labute approximate surface area is 136 Å². The molecule has 0 fully saturated rings. The van der Waals surface area contributed by atoms with Gasteiger partial charge in [0.05, 0.1) is 24.8 Å². The van der Waals surface area contributed by atoms with E-state index in [0.717, 1.165) is 5.56 Å². The van der Waals surface area contributed by atoms with Crippen LogP contribution in [0.15, 0.2) is 28.8 Å². The van der Waals surface area contributed by atoms with Crippen molar-refractivity contribution in [1.82, 2.24) is 10.5 Å². The van der Waals surface area contributed by atoms with Crippen molar-refractivity contribution in [1.29, 1.82) is 0 Å². The third-order valence-electron chi connectivity index (χ3n) is 3.76. The number of ether oxygens (including phenoxy) is 2. The molecule has 0 spiro atoms. The fourth-order valence-electron chi connectivity index (χ4n) is 2.49. The van der Waals surface area contributed by atoms with Crippen molar-refractivity contribution in [3.8, 4) is 5.75 Å². The first-order chi connectivity index (χ1) is 11.5. The van der Waals surface area contributed by atoms with Gasteiger partial charge in [0.2, 0.25) is 0 Å². The summed E-state index contributed by atoms with van der Waals surface area (Å²) in [5.41, 5.74) is 1.64. The molecule has 0 saturated carbocycles. The Morgan fingerprint density at radius 3 is 2.79 bits per heavy atom. The highest BCUT2D eigenvalue weighted by molar-refractivity contribution is 5.94. The van der Waals surface area contributed by atoms with Crippen molar-refractivity contribution in [3.05, 3.63) is 46.8 Å². The summed E-state index contributed by atoms with van der Waals surface area (Å²) in [7, 11) is 0. The van der Waals surface area contributed by atoms with Gasteiger partial charge < -0.3 is 19.3 Å². The van der Waals surface area contributed by atoms with Gasteiger partial charge in [0.25, 0.3) is 5.91 Å². The zero-order valence-corrected chi connectivity index (χ0v) is 12.9. The summed E-state index contributed by atoms with van der Waals surface area (Å²) >= 11 is 0. The first kappa shape index (κ1) is 16.4. The van der Waals surface area contributed by atoms with E-state index in [9.17, 15) is 13.6 Å². The molecule has 1 aliphatic heterocycles. The van der Waals surface area contributed by atoms with Gasteiger partial charge in [0, 0.05) is 6.42 Å². The minimum absolute atomic E-state index is 0.0648. The molecule has 1 amide bonds. The van der Waals surface area contributed by atoms with Crippen LogP contribution in [0.3, 0.4) is 0 Å². The Hall–Kier alpha value is -2.48. The molecular formula is C16H16F2N2O4. The molecule has 0 bridgehead atoms. The maximum atomic E-state index is 12.4. The average Bonchev–Trinajstić information content (AvgIpc) is 2.99. The summed E-state index contributed by atoms with van der Waals surface area (Å²) in [5.74, 6) is 0.369. The minimum atomic E-state index is -2.87. The molecule has 2 heterocycles. The number of hydrogen-bond acceptors (Lipinski definition) is 5. The van der Waals surface area contributed by atoms with E-state index in [-0.39, 0.29) is 23.4 Å². The Morgan fingerprint density at radius 1 is 1.33 bits per heavy atom. The molecule has 1 unspecified atom stereocenters. The molecule has 0 aliphatic carbocycles. The van der Waals surface area contributed by atoms with Crippen molar-refractivity contribution >= 4 is 5.91 Å². The van der Waals surface area contributed by atoms with Crippen molar-refractivity contribution in [2.75, 3.05) is 6.61 Å². The van der Waals surface area contributed by atoms with Crippen LogP contribution in [0.1, 0.15) is 40.3 Å². The Balaban J connectivity index is 1.67. The van der Waals surface area contributed by atoms with Crippen LogP contribution in [0.2, 0.25) is 0 Å². The first-order valence-corrected chi connectivity index (χ1v) is 7.45. The lowest BCUT2D eigenvalue weighted by atomic mass is 10.1. The van der Waals surface area contributed by atoms with Gasteiger partial charge in [-0.1, -0.05) is 17.3 Å². The van der Waals surface area contributed by atoms with Gasteiger partial charge in [-0.05, 0) is 24.6 Å². The van der Waals surface area contributed by atoms with Gasteiger partial charge in [0.15, 0.2) is 5.69 Å². The molecule has 0 saturated heterocycles. The van der Waals surface area contributed by atoms with Gasteiger partial charge in [-0.3, -0.25) is 4.79 Å². The number of hydrogen-bond donors (Lipinski definition) is 1. The van der Waals surface area contributed by atoms with Crippen molar-refractivity contribution < 1.29 is 27.6 Å². The third-order valence-corrected chi connectivity index (χ3v) is 3.76. The molecule has 0 radical (unpaired) electrons. The molecule has 1 atom stereocenters.